The molecule has 6 nitrogen and oxygen atoms in total. The number of nitrogen functional groups attached to an aromatic ring is 1. The molecule has 2 unspecified atom stereocenters. The average molecular weight is 285 g/mol. The van der Waals surface area contributed by atoms with Crippen molar-refractivity contribution in [3.63, 3.8) is 0 Å². The van der Waals surface area contributed by atoms with Crippen LogP contribution in [0.15, 0.2) is 29.2 Å². The van der Waals surface area contributed by atoms with Crippen molar-refractivity contribution in [2.24, 2.45) is 11.8 Å². The summed E-state index contributed by atoms with van der Waals surface area (Å²) in [6.07, 6.45) is 0.875. The van der Waals surface area contributed by atoms with Gasteiger partial charge in [-0.1, -0.05) is 12.1 Å². The summed E-state index contributed by atoms with van der Waals surface area (Å²) in [4.78, 5) is 0.156. The molecule has 1 saturated heterocycles. The number of hydrogen-bond acceptors (Lipinski definition) is 5. The van der Waals surface area contributed by atoms with Gasteiger partial charge in [-0.15, -0.1) is 0 Å². The molecule has 2 rings (SSSR count). The van der Waals surface area contributed by atoms with Crippen molar-refractivity contribution in [1.82, 2.24) is 4.72 Å². The van der Waals surface area contributed by atoms with Gasteiger partial charge < -0.3 is 10.2 Å². The number of nitrogens with one attached hydrogen (secondary N) is 2. The Hall–Kier alpha value is -1.15. The van der Waals surface area contributed by atoms with Crippen LogP contribution >= 0.6 is 0 Å². The van der Waals surface area contributed by atoms with E-state index in [1.807, 2.05) is 6.92 Å². The Labute approximate surface area is 113 Å². The zero-order valence-electron chi connectivity index (χ0n) is 10.8. The predicted octanol–water partition coefficient (Wildman–Crippen LogP) is 0.675. The van der Waals surface area contributed by atoms with Crippen molar-refractivity contribution in [2.75, 3.05) is 18.6 Å². The molecule has 1 aromatic rings. The van der Waals surface area contributed by atoms with E-state index >= 15 is 0 Å². The molecule has 1 heterocycles. The van der Waals surface area contributed by atoms with E-state index in [4.69, 9.17) is 10.6 Å². The molecular weight excluding hydrogens is 266 g/mol. The molecule has 1 aliphatic rings. The molecule has 0 aliphatic carbocycles. The number of hydrazine groups is 1. The summed E-state index contributed by atoms with van der Waals surface area (Å²) in [7, 11) is -3.59. The second-order valence-electron chi connectivity index (χ2n) is 4.67. The molecule has 1 aromatic carbocycles. The highest BCUT2D eigenvalue weighted by Gasteiger charge is 2.27. The summed E-state index contributed by atoms with van der Waals surface area (Å²) < 4.78 is 32.6. The first kappa shape index (κ1) is 14.3. The number of para-hydroxylation sites is 1. The first-order valence-corrected chi connectivity index (χ1v) is 7.68. The zero-order chi connectivity index (χ0) is 13.9. The summed E-state index contributed by atoms with van der Waals surface area (Å²) >= 11 is 0. The average Bonchev–Trinajstić information content (AvgIpc) is 2.92. The van der Waals surface area contributed by atoms with Crippen molar-refractivity contribution >= 4 is 15.7 Å². The maximum Gasteiger partial charge on any atom is 0.242 e. The van der Waals surface area contributed by atoms with Gasteiger partial charge in [0.15, 0.2) is 0 Å². The number of ether oxygens (including phenoxy) is 1. The third-order valence-electron chi connectivity index (χ3n) is 3.35. The van der Waals surface area contributed by atoms with Crippen LogP contribution in [-0.2, 0) is 14.8 Å². The van der Waals surface area contributed by atoms with E-state index in [0.29, 0.717) is 18.9 Å². The number of sulfonamides is 1. The highest BCUT2D eigenvalue weighted by Crippen LogP contribution is 2.22. The third-order valence-corrected chi connectivity index (χ3v) is 4.96. The Balaban J connectivity index is 2.17. The number of nitrogens with two attached hydrogens (primary N) is 1. The predicted molar refractivity (Wildman–Crippen MR) is 73.0 cm³/mol. The summed E-state index contributed by atoms with van der Waals surface area (Å²) in [5.41, 5.74) is 2.78. The topological polar surface area (TPSA) is 93.5 Å². The quantitative estimate of drug-likeness (QED) is 0.546. The third kappa shape index (κ3) is 3.24. The molecule has 2 atom stereocenters. The molecule has 1 fully saturated rings. The maximum atomic E-state index is 12.3. The monoisotopic (exact) mass is 285 g/mol. The first-order chi connectivity index (χ1) is 9.04. The van der Waals surface area contributed by atoms with Crippen LogP contribution in [0.5, 0.6) is 0 Å². The fourth-order valence-electron chi connectivity index (χ4n) is 2.17. The second kappa shape index (κ2) is 5.87. The van der Waals surface area contributed by atoms with Crippen LogP contribution in [0.4, 0.5) is 5.69 Å². The number of hydrogen-bond donors (Lipinski definition) is 3. The van der Waals surface area contributed by atoms with E-state index in [0.717, 1.165) is 6.42 Å². The normalized spacial score (nSPS) is 21.3. The lowest BCUT2D eigenvalue weighted by Crippen LogP contribution is -2.38. The van der Waals surface area contributed by atoms with Gasteiger partial charge in [0.1, 0.15) is 4.90 Å². The van der Waals surface area contributed by atoms with Gasteiger partial charge in [0.25, 0.3) is 0 Å². The molecular formula is C12H19N3O3S. The van der Waals surface area contributed by atoms with Gasteiger partial charge in [0.2, 0.25) is 10.0 Å². The van der Waals surface area contributed by atoms with Gasteiger partial charge in [-0.2, -0.15) is 0 Å². The summed E-state index contributed by atoms with van der Waals surface area (Å²) in [6.45, 7) is 3.15. The van der Waals surface area contributed by atoms with Gasteiger partial charge >= 0.3 is 0 Å². The van der Waals surface area contributed by atoms with Crippen molar-refractivity contribution in [3.8, 4) is 0 Å². The van der Waals surface area contributed by atoms with Gasteiger partial charge in [-0.25, -0.2) is 13.1 Å². The Bertz CT molecular complexity index is 527. The molecule has 19 heavy (non-hydrogen) atoms. The summed E-state index contributed by atoms with van der Waals surface area (Å²) in [5, 5.41) is 0. The lowest BCUT2D eigenvalue weighted by molar-refractivity contribution is 0.180. The van der Waals surface area contributed by atoms with Crippen molar-refractivity contribution in [1.29, 1.82) is 0 Å². The van der Waals surface area contributed by atoms with E-state index in [1.54, 1.807) is 18.2 Å². The molecule has 0 radical (unpaired) electrons. The summed E-state index contributed by atoms with van der Waals surface area (Å²) in [6, 6.07) is 6.37. The van der Waals surface area contributed by atoms with Crippen LogP contribution in [0.25, 0.3) is 0 Å². The van der Waals surface area contributed by atoms with Crippen LogP contribution in [0.3, 0.4) is 0 Å². The molecule has 0 saturated carbocycles. The largest absolute Gasteiger partial charge is 0.381 e. The molecule has 7 heteroatoms. The van der Waals surface area contributed by atoms with Crippen LogP contribution in [0.1, 0.15) is 13.3 Å². The Morgan fingerprint density at radius 3 is 2.79 bits per heavy atom. The van der Waals surface area contributed by atoms with E-state index in [2.05, 4.69) is 10.1 Å². The number of anilines is 1. The van der Waals surface area contributed by atoms with Crippen LogP contribution in [0, 0.1) is 5.92 Å². The number of rotatable bonds is 5. The molecule has 0 amide bonds. The summed E-state index contributed by atoms with van der Waals surface area (Å²) in [5.74, 6) is 5.55. The molecule has 1 aliphatic heterocycles. The standard InChI is InChI=1S/C12H19N3O3S/c1-9(10-6-7-18-8-10)15-19(16,17)12-5-3-2-4-11(12)14-13/h2-5,9-10,14-15H,6-8,13H2,1H3. The minimum absolute atomic E-state index is 0.156. The van der Waals surface area contributed by atoms with E-state index in [1.165, 1.54) is 6.07 Å². The first-order valence-electron chi connectivity index (χ1n) is 6.20. The fourth-order valence-corrected chi connectivity index (χ4v) is 3.65. The van der Waals surface area contributed by atoms with Crippen molar-refractivity contribution in [3.05, 3.63) is 24.3 Å². The van der Waals surface area contributed by atoms with Gasteiger partial charge in [-0.05, 0) is 25.5 Å². The SMILES string of the molecule is CC(NS(=O)(=O)c1ccccc1NN)C1CCOC1. The highest BCUT2D eigenvalue weighted by molar-refractivity contribution is 7.89. The minimum atomic E-state index is -3.59. The second-order valence-corrected chi connectivity index (χ2v) is 6.36. The van der Waals surface area contributed by atoms with Crippen molar-refractivity contribution < 1.29 is 13.2 Å². The highest BCUT2D eigenvalue weighted by atomic mass is 32.2. The lowest BCUT2D eigenvalue weighted by Gasteiger charge is -2.20. The Kier molecular flexibility index (Phi) is 4.41. The lowest BCUT2D eigenvalue weighted by atomic mass is 10.0. The van der Waals surface area contributed by atoms with E-state index in [-0.39, 0.29) is 16.9 Å². The Morgan fingerprint density at radius 2 is 2.16 bits per heavy atom. The molecule has 106 valence electrons. The zero-order valence-corrected chi connectivity index (χ0v) is 11.6. The van der Waals surface area contributed by atoms with Gasteiger partial charge in [0, 0.05) is 18.6 Å². The smallest absolute Gasteiger partial charge is 0.242 e. The van der Waals surface area contributed by atoms with Gasteiger partial charge in [0.05, 0.1) is 12.3 Å². The fraction of sp³-hybridized carbons (Fsp3) is 0.500. The number of benzene rings is 1. The minimum Gasteiger partial charge on any atom is -0.381 e. The van der Waals surface area contributed by atoms with E-state index < -0.39 is 10.0 Å². The Morgan fingerprint density at radius 1 is 1.42 bits per heavy atom. The van der Waals surface area contributed by atoms with Crippen LogP contribution < -0.4 is 16.0 Å². The van der Waals surface area contributed by atoms with Crippen molar-refractivity contribution in [2.45, 2.75) is 24.3 Å². The molecule has 0 spiro atoms. The van der Waals surface area contributed by atoms with Crippen LogP contribution in [-0.4, -0.2) is 27.7 Å². The molecule has 0 bridgehead atoms. The van der Waals surface area contributed by atoms with Gasteiger partial charge in [-0.3, -0.25) is 5.84 Å². The molecule has 0 aromatic heterocycles. The van der Waals surface area contributed by atoms with E-state index in [9.17, 15) is 8.42 Å². The van der Waals surface area contributed by atoms with Crippen LogP contribution in [0.2, 0.25) is 0 Å². The molecule has 4 N–H and O–H groups in total. The maximum absolute atomic E-state index is 12.3.